The van der Waals surface area contributed by atoms with E-state index in [4.69, 9.17) is 20.1 Å². The van der Waals surface area contributed by atoms with Gasteiger partial charge >= 0.3 is 29.9 Å². The van der Waals surface area contributed by atoms with Gasteiger partial charge < -0.3 is 56.9 Å². The monoisotopic (exact) mass is 1050 g/mol. The Kier molecular flexibility index (Phi) is 56.0. The van der Waals surface area contributed by atoms with Gasteiger partial charge in [0, 0.05) is 45.6 Å². The van der Waals surface area contributed by atoms with Crippen molar-refractivity contribution < 1.29 is 87.5 Å². The lowest BCUT2D eigenvalue weighted by Crippen LogP contribution is -2.44. The Morgan fingerprint density at radius 1 is 0.486 bits per heavy atom. The number of nitrogens with one attached hydrogen (secondary N) is 6. The predicted molar refractivity (Wildman–Crippen MR) is 262 cm³/mol. The molecule has 0 heterocycles. The van der Waals surface area contributed by atoms with Crippen LogP contribution in [0.2, 0.25) is 0 Å². The molecule has 0 fully saturated rings. The summed E-state index contributed by atoms with van der Waals surface area (Å²) in [6.07, 6.45) is 14.2. The number of rotatable bonds is 38. The van der Waals surface area contributed by atoms with Crippen LogP contribution in [0.1, 0.15) is 162 Å². The summed E-state index contributed by atoms with van der Waals surface area (Å²) in [6.45, 7) is 5.06. The van der Waals surface area contributed by atoms with Crippen molar-refractivity contribution in [2.75, 3.05) is 26.7 Å². The van der Waals surface area contributed by atoms with Crippen LogP contribution in [0.3, 0.4) is 0 Å². The number of carbonyl (C=O) groups excluding carboxylic acids is 8. The third-order valence-corrected chi connectivity index (χ3v) is 9.51. The number of aliphatic carboxylic acids is 4. The normalized spacial score (nSPS) is 11.1. The molecule has 0 saturated carbocycles. The van der Waals surface area contributed by atoms with Gasteiger partial charge in [-0.05, 0) is 32.1 Å². The van der Waals surface area contributed by atoms with E-state index in [-0.39, 0.29) is 83.4 Å². The van der Waals surface area contributed by atoms with Crippen LogP contribution in [0.5, 0.6) is 0 Å². The molecule has 23 nitrogen and oxygen atoms in total. The molecule has 2 unspecified atom stereocenters. The largest absolute Gasteiger partial charge is 0.481 e. The van der Waals surface area contributed by atoms with E-state index in [0.717, 1.165) is 44.9 Å². The van der Waals surface area contributed by atoms with E-state index in [1.165, 1.54) is 45.6 Å². The lowest BCUT2D eigenvalue weighted by molar-refractivity contribution is -0.143. The summed E-state index contributed by atoms with van der Waals surface area (Å²) in [6, 6.07) is -5.13. The SMILES string of the molecule is C=O.CC.CNC(=O)CC[C@H](NC(=O)CCC(NC(=O)CCCCCCCCCCCCCCCCC(=O)O)C(=O)O)C(=O)O.O=C(F)CNS.O=C(S)CNC(=O)CCC(NC(=O)CCO)C(=O)O. The molecule has 5 amide bonds. The number of hydrogen-bond acceptors (Lipinski definition) is 15. The molecule has 0 rings (SSSR count). The lowest BCUT2D eigenvalue weighted by atomic mass is 10.0. The van der Waals surface area contributed by atoms with Gasteiger partial charge in [-0.2, -0.15) is 4.39 Å². The Labute approximate surface area is 420 Å². The van der Waals surface area contributed by atoms with Gasteiger partial charge in [0.2, 0.25) is 34.7 Å². The van der Waals surface area contributed by atoms with Crippen molar-refractivity contribution in [2.45, 2.75) is 180 Å². The minimum absolute atomic E-state index is 0.0809. The number of aliphatic hydroxyl groups excluding tert-OH is 1. The molecule has 70 heavy (non-hydrogen) atoms. The molecule has 0 aliphatic heterocycles. The van der Waals surface area contributed by atoms with Crippen molar-refractivity contribution in [3.63, 3.8) is 0 Å². The molecule has 0 spiro atoms. The Morgan fingerprint density at radius 2 is 0.800 bits per heavy atom. The highest BCUT2D eigenvalue weighted by molar-refractivity contribution is 7.96. The summed E-state index contributed by atoms with van der Waals surface area (Å²) in [7, 11) is 1.42. The number of amides is 5. The summed E-state index contributed by atoms with van der Waals surface area (Å²) in [5, 5.41) is 55.6. The Balaban J connectivity index is -0.000000399. The van der Waals surface area contributed by atoms with Gasteiger partial charge in [-0.3, -0.25) is 43.1 Å². The molecule has 0 aliphatic rings. The predicted octanol–water partition coefficient (Wildman–Crippen LogP) is 2.81. The topological polar surface area (TPSA) is 378 Å². The fourth-order valence-electron chi connectivity index (χ4n) is 5.63. The number of carboxylic acid groups (broad SMARTS) is 4. The van der Waals surface area contributed by atoms with Gasteiger partial charge in [-0.15, -0.1) is 12.6 Å². The van der Waals surface area contributed by atoms with Crippen LogP contribution in [-0.2, 0) is 57.5 Å². The molecule has 406 valence electrons. The summed E-state index contributed by atoms with van der Waals surface area (Å²) in [4.78, 5) is 130. The van der Waals surface area contributed by atoms with Crippen molar-refractivity contribution in [2.24, 2.45) is 0 Å². The quantitative estimate of drug-likeness (QED) is 0.0240. The van der Waals surface area contributed by atoms with E-state index in [9.17, 15) is 67.3 Å². The van der Waals surface area contributed by atoms with Crippen LogP contribution >= 0.6 is 25.4 Å². The van der Waals surface area contributed by atoms with Crippen LogP contribution < -0.4 is 31.3 Å². The van der Waals surface area contributed by atoms with Gasteiger partial charge in [0.05, 0.1) is 19.7 Å². The second-order valence-corrected chi connectivity index (χ2v) is 15.7. The Bertz CT molecular complexity index is 1520. The highest BCUT2D eigenvalue weighted by Gasteiger charge is 2.25. The third-order valence-electron chi connectivity index (χ3n) is 9.20. The molecule has 0 aromatic heterocycles. The van der Waals surface area contributed by atoms with Crippen molar-refractivity contribution in [3.8, 4) is 0 Å². The second-order valence-electron chi connectivity index (χ2n) is 14.8. The molecule has 0 aromatic rings. The van der Waals surface area contributed by atoms with Crippen molar-refractivity contribution >= 4 is 96.8 Å². The zero-order chi connectivity index (χ0) is 54.7. The van der Waals surface area contributed by atoms with E-state index in [1.807, 2.05) is 25.4 Å². The van der Waals surface area contributed by atoms with Crippen LogP contribution in [0.15, 0.2) is 0 Å². The first kappa shape index (κ1) is 73.7. The van der Waals surface area contributed by atoms with Crippen LogP contribution in [0, 0.1) is 0 Å². The Morgan fingerprint density at radius 3 is 1.09 bits per heavy atom. The van der Waals surface area contributed by atoms with E-state index < -0.39 is 76.8 Å². The number of halogens is 1. The van der Waals surface area contributed by atoms with Crippen molar-refractivity contribution in [1.29, 1.82) is 0 Å². The van der Waals surface area contributed by atoms with Crippen molar-refractivity contribution in [3.05, 3.63) is 0 Å². The lowest BCUT2D eigenvalue weighted by Gasteiger charge is -2.17. The zero-order valence-electron chi connectivity index (χ0n) is 40.7. The summed E-state index contributed by atoms with van der Waals surface area (Å²) in [5.74, 6) is -7.09. The van der Waals surface area contributed by atoms with Gasteiger partial charge in [0.25, 0.3) is 0 Å². The number of thiol groups is 2. The number of carboxylic acids is 4. The summed E-state index contributed by atoms with van der Waals surface area (Å²) in [5.41, 5.74) is 0. The third kappa shape index (κ3) is 55.4. The number of aliphatic hydroxyl groups is 1. The average molecular weight is 1050 g/mol. The van der Waals surface area contributed by atoms with Gasteiger partial charge in [-0.1, -0.05) is 104 Å². The zero-order valence-corrected chi connectivity index (χ0v) is 42.5. The first-order valence-electron chi connectivity index (χ1n) is 23.1. The average Bonchev–Trinajstić information content (AvgIpc) is 3.30. The van der Waals surface area contributed by atoms with Crippen LogP contribution in [-0.4, -0.2) is 142 Å². The molecule has 0 aliphatic carbocycles. The fourth-order valence-corrected chi connectivity index (χ4v) is 5.84. The highest BCUT2D eigenvalue weighted by Crippen LogP contribution is 2.14. The molecule has 0 bridgehead atoms. The molecule has 26 heteroatoms. The molecule has 3 atom stereocenters. The number of unbranched alkanes of at least 4 members (excludes halogenated alkanes) is 13. The maximum absolute atomic E-state index is 12.2. The maximum Gasteiger partial charge on any atom is 0.326 e. The van der Waals surface area contributed by atoms with Gasteiger partial charge in [0.1, 0.15) is 24.9 Å². The van der Waals surface area contributed by atoms with Crippen molar-refractivity contribution in [1.82, 2.24) is 31.3 Å². The first-order valence-corrected chi connectivity index (χ1v) is 24.0. The maximum atomic E-state index is 12.2. The summed E-state index contributed by atoms with van der Waals surface area (Å²) < 4.78 is 13.0. The van der Waals surface area contributed by atoms with E-state index in [0.29, 0.717) is 6.42 Å². The summed E-state index contributed by atoms with van der Waals surface area (Å²) >= 11 is 6.80. The molecule has 0 saturated heterocycles. The molecule has 11 N–H and O–H groups in total. The number of carbonyl (C=O) groups is 12. The molecular weight excluding hydrogens is 968 g/mol. The van der Waals surface area contributed by atoms with Gasteiger partial charge in [0.15, 0.2) is 0 Å². The van der Waals surface area contributed by atoms with E-state index in [1.54, 1.807) is 0 Å². The molecule has 0 radical (unpaired) electrons. The minimum Gasteiger partial charge on any atom is -0.481 e. The second kappa shape index (κ2) is 53.1. The molecule has 0 aromatic carbocycles. The standard InChI is InChI=1S/C29H51N3O9.C10H16N2O6S.C2H4FNOS.C2H6.CH2O/c1-30-24(33)20-18-22(28(38)39)32-26(35)21-19-23(29(40)41)31-25(34)16-14-12-10-8-6-4-2-3-5-7-9-11-13-15-17-27(36)37;13-4-3-8(15)12-6(10(17)18)1-2-7(14)11-5-9(16)19;3-2(5)1-4-6;2*1-2/h22-23H,2-21H2,1H3,(H,30,33)(H,31,34)(H,32,35)(H,36,37)(H,38,39)(H,40,41);6,13H,1-5H2,(H,11,14)(H,12,15)(H,16,19)(H,17,18);4,6H,1H2;1-2H3;1H2/t22-,23?;;;;/m0..../s1. The van der Waals surface area contributed by atoms with Crippen LogP contribution in [0.25, 0.3) is 0 Å². The highest BCUT2D eigenvalue weighted by atomic mass is 32.1. The van der Waals surface area contributed by atoms with Gasteiger partial charge in [-0.25, -0.2) is 14.4 Å². The van der Waals surface area contributed by atoms with E-state index in [2.05, 4.69) is 52.0 Å². The van der Waals surface area contributed by atoms with E-state index >= 15 is 0 Å². The number of hydrogen-bond donors (Lipinski definition) is 13. The van der Waals surface area contributed by atoms with Crippen LogP contribution in [0.4, 0.5) is 4.39 Å². The molecular formula is C44H79FN6O17S2. The minimum atomic E-state index is -1.40. The first-order chi connectivity index (χ1) is 33.2. The fraction of sp³-hybridized carbons (Fsp3) is 0.727. The Hall–Kier alpha value is -5.21. The smallest absolute Gasteiger partial charge is 0.326 e.